The summed E-state index contributed by atoms with van der Waals surface area (Å²) in [5.41, 5.74) is 1.94. The molecule has 0 radical (unpaired) electrons. The number of hydrogen-bond acceptors (Lipinski definition) is 5. The van der Waals surface area contributed by atoms with E-state index in [1.54, 1.807) is 18.5 Å². The van der Waals surface area contributed by atoms with Crippen molar-refractivity contribution in [3.8, 4) is 11.1 Å². The highest BCUT2D eigenvalue weighted by Crippen LogP contribution is 2.29. The summed E-state index contributed by atoms with van der Waals surface area (Å²) in [7, 11) is 0. The third-order valence-corrected chi connectivity index (χ3v) is 4.19. The second kappa shape index (κ2) is 6.45. The van der Waals surface area contributed by atoms with Crippen molar-refractivity contribution in [2.24, 2.45) is 0 Å². The van der Waals surface area contributed by atoms with Gasteiger partial charge >= 0.3 is 6.03 Å². The Morgan fingerprint density at radius 3 is 2.54 bits per heavy atom. The minimum Gasteiger partial charge on any atom is -0.359 e. The van der Waals surface area contributed by atoms with Gasteiger partial charge in [0.1, 0.15) is 5.76 Å². The SMILES string of the molecule is CC(C)(C)c1cc(NC(=O)Nc2cc(-c3ccncc3)cs2)no1. The van der Waals surface area contributed by atoms with Crippen LogP contribution in [-0.2, 0) is 5.41 Å². The lowest BCUT2D eigenvalue weighted by Gasteiger charge is -2.12. The van der Waals surface area contributed by atoms with Gasteiger partial charge in [0, 0.05) is 29.3 Å². The van der Waals surface area contributed by atoms with Crippen molar-refractivity contribution in [3.63, 3.8) is 0 Å². The average Bonchev–Trinajstić information content (AvgIpc) is 3.17. The highest BCUT2D eigenvalue weighted by Gasteiger charge is 2.20. The van der Waals surface area contributed by atoms with E-state index in [0.29, 0.717) is 11.6 Å². The van der Waals surface area contributed by atoms with Gasteiger partial charge in [-0.05, 0) is 29.3 Å². The summed E-state index contributed by atoms with van der Waals surface area (Å²) in [5.74, 6) is 1.11. The molecule has 3 aromatic rings. The standard InChI is InChI=1S/C17H18N4O2S/c1-17(2,3)13-9-14(21-23-13)19-16(22)20-15-8-12(10-24-15)11-4-6-18-7-5-11/h4-10H,1-3H3,(H2,19,20,21,22). The highest BCUT2D eigenvalue weighted by molar-refractivity contribution is 7.14. The molecular weight excluding hydrogens is 324 g/mol. The lowest BCUT2D eigenvalue weighted by molar-refractivity contribution is 0.262. The molecular formula is C17H18N4O2S. The Morgan fingerprint density at radius 2 is 1.88 bits per heavy atom. The van der Waals surface area contributed by atoms with E-state index in [4.69, 9.17) is 4.52 Å². The van der Waals surface area contributed by atoms with Crippen LogP contribution >= 0.6 is 11.3 Å². The third-order valence-electron chi connectivity index (χ3n) is 3.34. The molecule has 2 amide bonds. The molecule has 0 atom stereocenters. The summed E-state index contributed by atoms with van der Waals surface area (Å²) >= 11 is 1.46. The molecule has 3 heterocycles. The highest BCUT2D eigenvalue weighted by atomic mass is 32.1. The maximum absolute atomic E-state index is 12.1. The van der Waals surface area contributed by atoms with Crippen molar-refractivity contribution in [1.29, 1.82) is 0 Å². The molecule has 24 heavy (non-hydrogen) atoms. The molecule has 0 bridgehead atoms. The van der Waals surface area contributed by atoms with E-state index in [2.05, 4.69) is 20.8 Å². The largest absolute Gasteiger partial charge is 0.359 e. The lowest BCUT2D eigenvalue weighted by atomic mass is 9.93. The molecule has 0 saturated heterocycles. The Hall–Kier alpha value is -2.67. The number of thiophene rings is 1. The van der Waals surface area contributed by atoms with Gasteiger partial charge in [-0.25, -0.2) is 4.79 Å². The van der Waals surface area contributed by atoms with Crippen LogP contribution in [0.2, 0.25) is 0 Å². The number of pyridine rings is 1. The number of carbonyl (C=O) groups is 1. The molecule has 0 aliphatic rings. The number of rotatable bonds is 3. The molecule has 3 aromatic heterocycles. The van der Waals surface area contributed by atoms with Crippen LogP contribution in [0.5, 0.6) is 0 Å². The molecule has 0 saturated carbocycles. The lowest BCUT2D eigenvalue weighted by Crippen LogP contribution is -2.19. The van der Waals surface area contributed by atoms with Crippen LogP contribution in [-0.4, -0.2) is 16.2 Å². The second-order valence-corrected chi connectivity index (χ2v) is 7.25. The fourth-order valence-corrected chi connectivity index (χ4v) is 2.85. The zero-order valence-electron chi connectivity index (χ0n) is 13.7. The first-order valence-corrected chi connectivity index (χ1v) is 8.34. The quantitative estimate of drug-likeness (QED) is 0.720. The fourth-order valence-electron chi connectivity index (χ4n) is 2.04. The summed E-state index contributed by atoms with van der Waals surface area (Å²) in [5, 5.41) is 12.1. The Labute approximate surface area is 143 Å². The van der Waals surface area contributed by atoms with Crippen molar-refractivity contribution >= 4 is 28.2 Å². The van der Waals surface area contributed by atoms with E-state index < -0.39 is 0 Å². The Morgan fingerprint density at radius 1 is 1.12 bits per heavy atom. The van der Waals surface area contributed by atoms with E-state index in [1.165, 1.54) is 11.3 Å². The van der Waals surface area contributed by atoms with Gasteiger partial charge in [-0.2, -0.15) is 0 Å². The van der Waals surface area contributed by atoms with E-state index in [9.17, 15) is 4.79 Å². The monoisotopic (exact) mass is 342 g/mol. The minimum atomic E-state index is -0.355. The third kappa shape index (κ3) is 3.80. The van der Waals surface area contributed by atoms with Crippen LogP contribution < -0.4 is 10.6 Å². The molecule has 6 nitrogen and oxygen atoms in total. The summed E-state index contributed by atoms with van der Waals surface area (Å²) in [4.78, 5) is 16.1. The smallest absolute Gasteiger partial charge is 0.325 e. The average molecular weight is 342 g/mol. The van der Waals surface area contributed by atoms with Crippen LogP contribution in [0, 0.1) is 0 Å². The molecule has 0 aromatic carbocycles. The van der Waals surface area contributed by atoms with Gasteiger partial charge in [-0.1, -0.05) is 25.9 Å². The number of urea groups is 1. The molecule has 0 aliphatic heterocycles. The van der Waals surface area contributed by atoms with Gasteiger partial charge in [0.2, 0.25) is 0 Å². The summed E-state index contributed by atoms with van der Waals surface area (Å²) in [6.45, 7) is 6.05. The molecule has 7 heteroatoms. The van der Waals surface area contributed by atoms with E-state index in [0.717, 1.165) is 16.1 Å². The maximum Gasteiger partial charge on any atom is 0.325 e. The van der Waals surface area contributed by atoms with Gasteiger partial charge in [0.25, 0.3) is 0 Å². The Bertz CT molecular complexity index is 834. The number of nitrogens with one attached hydrogen (secondary N) is 2. The maximum atomic E-state index is 12.1. The molecule has 0 unspecified atom stereocenters. The van der Waals surface area contributed by atoms with Gasteiger partial charge in [0.15, 0.2) is 5.82 Å². The Balaban J connectivity index is 1.63. The summed E-state index contributed by atoms with van der Waals surface area (Å²) < 4.78 is 5.25. The molecule has 0 spiro atoms. The molecule has 3 rings (SSSR count). The molecule has 0 aliphatic carbocycles. The second-order valence-electron chi connectivity index (χ2n) is 6.34. The number of aromatic nitrogens is 2. The van der Waals surface area contributed by atoms with Crippen molar-refractivity contribution in [3.05, 3.63) is 47.8 Å². The van der Waals surface area contributed by atoms with Gasteiger partial charge in [-0.3, -0.25) is 15.6 Å². The van der Waals surface area contributed by atoms with Gasteiger partial charge < -0.3 is 4.52 Å². The molecule has 2 N–H and O–H groups in total. The predicted octanol–water partition coefficient (Wildman–Crippen LogP) is 4.74. The number of carbonyl (C=O) groups excluding carboxylic acids is 1. The topological polar surface area (TPSA) is 80.0 Å². The van der Waals surface area contributed by atoms with Crippen molar-refractivity contribution in [1.82, 2.24) is 10.1 Å². The minimum absolute atomic E-state index is 0.156. The zero-order chi connectivity index (χ0) is 17.2. The van der Waals surface area contributed by atoms with E-state index in [1.807, 2.05) is 44.4 Å². The first kappa shape index (κ1) is 16.2. The van der Waals surface area contributed by atoms with Crippen molar-refractivity contribution in [2.45, 2.75) is 26.2 Å². The predicted molar refractivity (Wildman–Crippen MR) is 95.4 cm³/mol. The number of amides is 2. The van der Waals surface area contributed by atoms with Crippen LogP contribution in [0.4, 0.5) is 15.6 Å². The number of hydrogen-bond donors (Lipinski definition) is 2. The van der Waals surface area contributed by atoms with E-state index in [-0.39, 0.29) is 11.4 Å². The number of nitrogens with zero attached hydrogens (tertiary/aromatic N) is 2. The van der Waals surface area contributed by atoms with E-state index >= 15 is 0 Å². The van der Waals surface area contributed by atoms with Crippen LogP contribution in [0.25, 0.3) is 11.1 Å². The van der Waals surface area contributed by atoms with Crippen LogP contribution in [0.1, 0.15) is 26.5 Å². The molecule has 124 valence electrons. The summed E-state index contributed by atoms with van der Waals surface area (Å²) in [6, 6.07) is 7.15. The van der Waals surface area contributed by atoms with Crippen molar-refractivity contribution < 1.29 is 9.32 Å². The first-order valence-electron chi connectivity index (χ1n) is 7.46. The van der Waals surface area contributed by atoms with Crippen LogP contribution in [0.15, 0.2) is 46.6 Å². The van der Waals surface area contributed by atoms with Gasteiger partial charge in [-0.15, -0.1) is 11.3 Å². The Kier molecular flexibility index (Phi) is 4.35. The fraction of sp³-hybridized carbons (Fsp3) is 0.235. The summed E-state index contributed by atoms with van der Waals surface area (Å²) in [6.07, 6.45) is 3.48. The zero-order valence-corrected chi connectivity index (χ0v) is 14.5. The normalized spacial score (nSPS) is 11.3. The molecule has 0 fully saturated rings. The van der Waals surface area contributed by atoms with Crippen LogP contribution in [0.3, 0.4) is 0 Å². The first-order chi connectivity index (χ1) is 11.4. The number of anilines is 2. The van der Waals surface area contributed by atoms with Gasteiger partial charge in [0.05, 0.1) is 5.00 Å². The van der Waals surface area contributed by atoms with Crippen molar-refractivity contribution in [2.75, 3.05) is 10.6 Å².